The first-order valence-corrected chi connectivity index (χ1v) is 7.96. The zero-order valence-electron chi connectivity index (χ0n) is 10.3. The molecule has 0 radical (unpaired) electrons. The summed E-state index contributed by atoms with van der Waals surface area (Å²) in [5, 5.41) is 4.17. The number of hydrogen-bond donors (Lipinski definition) is 1. The summed E-state index contributed by atoms with van der Waals surface area (Å²) in [5.74, 6) is 0.0863. The Morgan fingerprint density at radius 1 is 1.53 bits per heavy atom. The lowest BCUT2D eigenvalue weighted by molar-refractivity contribution is 0.570. The molecule has 0 aliphatic carbocycles. The van der Waals surface area contributed by atoms with Crippen molar-refractivity contribution in [3.8, 4) is 0 Å². The van der Waals surface area contributed by atoms with Crippen molar-refractivity contribution in [2.45, 2.75) is 19.6 Å². The topological polar surface area (TPSA) is 78.0 Å². The third kappa shape index (κ3) is 3.79. The van der Waals surface area contributed by atoms with Gasteiger partial charge in [0.15, 0.2) is 9.84 Å². The molecule has 0 fully saturated rings. The van der Waals surface area contributed by atoms with Gasteiger partial charge in [-0.25, -0.2) is 8.42 Å². The van der Waals surface area contributed by atoms with Crippen LogP contribution < -0.4 is 5.73 Å². The van der Waals surface area contributed by atoms with Gasteiger partial charge in [0.25, 0.3) is 0 Å². The van der Waals surface area contributed by atoms with Gasteiger partial charge in [-0.2, -0.15) is 5.10 Å². The first-order chi connectivity index (χ1) is 7.76. The molecule has 0 aliphatic heterocycles. The molecular formula is C10H18BrN3O2S. The molecule has 0 aromatic carbocycles. The standard InChI is InChI=1S/C10H18BrN3O2S/c1-7(4-12)5-17(15,16)6-9-10(11)8(2)13-14(9)3/h7H,4-6,12H2,1-3H3. The Kier molecular flexibility index (Phi) is 4.74. The number of aromatic nitrogens is 2. The van der Waals surface area contributed by atoms with Crippen LogP contribution in [0.3, 0.4) is 0 Å². The Morgan fingerprint density at radius 2 is 2.12 bits per heavy atom. The largest absolute Gasteiger partial charge is 0.330 e. The van der Waals surface area contributed by atoms with E-state index in [-0.39, 0.29) is 17.4 Å². The lowest BCUT2D eigenvalue weighted by Gasteiger charge is -2.09. The Bertz CT molecular complexity index is 496. The third-order valence-corrected chi connectivity index (χ3v) is 5.38. The van der Waals surface area contributed by atoms with Gasteiger partial charge >= 0.3 is 0 Å². The Morgan fingerprint density at radius 3 is 2.53 bits per heavy atom. The van der Waals surface area contributed by atoms with Gasteiger partial charge in [-0.05, 0) is 35.3 Å². The van der Waals surface area contributed by atoms with Gasteiger partial charge in [0, 0.05) is 7.05 Å². The number of nitrogens with zero attached hydrogens (tertiary/aromatic N) is 2. The summed E-state index contributed by atoms with van der Waals surface area (Å²) in [6, 6.07) is 0. The van der Waals surface area contributed by atoms with Crippen molar-refractivity contribution in [3.05, 3.63) is 15.9 Å². The van der Waals surface area contributed by atoms with E-state index in [1.54, 1.807) is 11.7 Å². The van der Waals surface area contributed by atoms with Gasteiger partial charge in [-0.15, -0.1) is 0 Å². The van der Waals surface area contributed by atoms with Crippen molar-refractivity contribution in [2.24, 2.45) is 18.7 Å². The van der Waals surface area contributed by atoms with Gasteiger partial charge in [-0.3, -0.25) is 4.68 Å². The summed E-state index contributed by atoms with van der Waals surface area (Å²) in [5.41, 5.74) is 6.93. The van der Waals surface area contributed by atoms with Crippen LogP contribution in [0.5, 0.6) is 0 Å². The molecule has 0 aliphatic rings. The molecule has 2 N–H and O–H groups in total. The number of hydrogen-bond acceptors (Lipinski definition) is 4. The zero-order chi connectivity index (χ0) is 13.2. The second kappa shape index (κ2) is 5.49. The van der Waals surface area contributed by atoms with Crippen LogP contribution in [0.15, 0.2) is 4.47 Å². The van der Waals surface area contributed by atoms with Crippen molar-refractivity contribution >= 4 is 25.8 Å². The predicted octanol–water partition coefficient (Wildman–Crippen LogP) is 1.00. The van der Waals surface area contributed by atoms with Gasteiger partial charge in [0.2, 0.25) is 0 Å². The molecule has 1 unspecified atom stereocenters. The zero-order valence-corrected chi connectivity index (χ0v) is 12.7. The quantitative estimate of drug-likeness (QED) is 0.876. The molecule has 0 spiro atoms. The first kappa shape index (κ1) is 14.7. The van der Waals surface area contributed by atoms with E-state index in [0.717, 1.165) is 10.2 Å². The van der Waals surface area contributed by atoms with Crippen molar-refractivity contribution < 1.29 is 8.42 Å². The van der Waals surface area contributed by atoms with Crippen LogP contribution >= 0.6 is 15.9 Å². The average Bonchev–Trinajstić information content (AvgIpc) is 2.44. The second-order valence-corrected chi connectivity index (χ2v) is 7.27. The third-order valence-electron chi connectivity index (χ3n) is 2.56. The number of rotatable bonds is 5. The van der Waals surface area contributed by atoms with Crippen LogP contribution in [0.4, 0.5) is 0 Å². The Balaban J connectivity index is 2.91. The minimum atomic E-state index is -3.15. The Hall–Kier alpha value is -0.400. The average molecular weight is 324 g/mol. The van der Waals surface area contributed by atoms with Crippen molar-refractivity contribution in [1.82, 2.24) is 9.78 Å². The molecule has 0 amide bonds. The van der Waals surface area contributed by atoms with E-state index in [4.69, 9.17) is 5.73 Å². The van der Waals surface area contributed by atoms with Crippen LogP contribution in [-0.4, -0.2) is 30.5 Å². The number of halogens is 1. The molecule has 1 aromatic rings. The van der Waals surface area contributed by atoms with Crippen LogP contribution in [0.2, 0.25) is 0 Å². The van der Waals surface area contributed by atoms with Gasteiger partial charge in [0.1, 0.15) is 0 Å². The maximum absolute atomic E-state index is 12.0. The van der Waals surface area contributed by atoms with Gasteiger partial charge < -0.3 is 5.73 Å². The van der Waals surface area contributed by atoms with Gasteiger partial charge in [-0.1, -0.05) is 6.92 Å². The van der Waals surface area contributed by atoms with Crippen LogP contribution in [0.1, 0.15) is 18.3 Å². The maximum Gasteiger partial charge on any atom is 0.156 e. The number of aryl methyl sites for hydroxylation is 2. The molecule has 7 heteroatoms. The second-order valence-electron chi connectivity index (χ2n) is 4.37. The highest BCUT2D eigenvalue weighted by molar-refractivity contribution is 9.10. The summed E-state index contributed by atoms with van der Waals surface area (Å²) >= 11 is 3.36. The van der Waals surface area contributed by atoms with E-state index in [1.807, 2.05) is 13.8 Å². The van der Waals surface area contributed by atoms with E-state index in [1.165, 1.54) is 0 Å². The minimum absolute atomic E-state index is 0.00470. The highest BCUT2D eigenvalue weighted by Gasteiger charge is 2.21. The molecule has 0 bridgehead atoms. The lowest BCUT2D eigenvalue weighted by Crippen LogP contribution is -2.22. The first-order valence-electron chi connectivity index (χ1n) is 5.35. The molecule has 1 atom stereocenters. The summed E-state index contributed by atoms with van der Waals surface area (Å²) in [6.07, 6.45) is 0. The van der Waals surface area contributed by atoms with E-state index in [2.05, 4.69) is 21.0 Å². The summed E-state index contributed by atoms with van der Waals surface area (Å²) < 4.78 is 26.3. The van der Waals surface area contributed by atoms with Crippen LogP contribution in [0.25, 0.3) is 0 Å². The molecule has 0 saturated carbocycles. The van der Waals surface area contributed by atoms with E-state index >= 15 is 0 Å². The molecular weight excluding hydrogens is 306 g/mol. The minimum Gasteiger partial charge on any atom is -0.330 e. The smallest absolute Gasteiger partial charge is 0.156 e. The molecule has 1 aromatic heterocycles. The predicted molar refractivity (Wildman–Crippen MR) is 71.4 cm³/mol. The maximum atomic E-state index is 12.0. The highest BCUT2D eigenvalue weighted by Crippen LogP contribution is 2.22. The van der Waals surface area contributed by atoms with Crippen molar-refractivity contribution in [1.29, 1.82) is 0 Å². The van der Waals surface area contributed by atoms with E-state index in [9.17, 15) is 8.42 Å². The fourth-order valence-corrected chi connectivity index (χ4v) is 4.14. The summed E-state index contributed by atoms with van der Waals surface area (Å²) in [4.78, 5) is 0. The molecule has 1 rings (SSSR count). The van der Waals surface area contributed by atoms with Crippen LogP contribution in [-0.2, 0) is 22.6 Å². The van der Waals surface area contributed by atoms with Crippen molar-refractivity contribution in [2.75, 3.05) is 12.3 Å². The monoisotopic (exact) mass is 323 g/mol. The normalized spacial score (nSPS) is 13.9. The van der Waals surface area contributed by atoms with Crippen molar-refractivity contribution in [3.63, 3.8) is 0 Å². The number of sulfone groups is 1. The summed E-state index contributed by atoms with van der Waals surface area (Å²) in [6.45, 7) is 4.05. The molecule has 1 heterocycles. The molecule has 5 nitrogen and oxygen atoms in total. The fourth-order valence-electron chi connectivity index (χ4n) is 1.61. The lowest BCUT2D eigenvalue weighted by atomic mass is 10.2. The Labute approximate surface area is 110 Å². The highest BCUT2D eigenvalue weighted by atomic mass is 79.9. The SMILES string of the molecule is Cc1nn(C)c(CS(=O)(=O)CC(C)CN)c1Br. The van der Waals surface area contributed by atoms with E-state index in [0.29, 0.717) is 12.2 Å². The van der Waals surface area contributed by atoms with Gasteiger partial charge in [0.05, 0.1) is 27.4 Å². The van der Waals surface area contributed by atoms with E-state index < -0.39 is 9.84 Å². The molecule has 17 heavy (non-hydrogen) atoms. The van der Waals surface area contributed by atoms with Crippen LogP contribution in [0, 0.1) is 12.8 Å². The fraction of sp³-hybridized carbons (Fsp3) is 0.700. The number of nitrogens with two attached hydrogens (primary N) is 1. The molecule has 98 valence electrons. The summed E-state index contributed by atoms with van der Waals surface area (Å²) in [7, 11) is -1.40. The molecule has 0 saturated heterocycles.